The van der Waals surface area contributed by atoms with Crippen molar-refractivity contribution in [2.45, 2.75) is 13.3 Å². The highest BCUT2D eigenvalue weighted by Crippen LogP contribution is 2.31. The van der Waals surface area contributed by atoms with Crippen molar-refractivity contribution in [3.8, 4) is 0 Å². The molecule has 1 saturated heterocycles. The van der Waals surface area contributed by atoms with Crippen molar-refractivity contribution in [1.82, 2.24) is 9.88 Å². The molecule has 3 heterocycles. The highest BCUT2D eigenvalue weighted by Gasteiger charge is 2.24. The molecule has 1 amide bonds. The number of nitrogens with zero attached hydrogens (tertiary/aromatic N) is 3. The lowest BCUT2D eigenvalue weighted by atomic mass is 10.2. The van der Waals surface area contributed by atoms with Gasteiger partial charge in [0.05, 0.1) is 23.4 Å². The number of fused-ring (bicyclic) bond motifs is 1. The lowest BCUT2D eigenvalue weighted by molar-refractivity contribution is 0.0376. The number of thiazole rings is 1. The van der Waals surface area contributed by atoms with E-state index in [4.69, 9.17) is 14.1 Å². The molecular weight excluding hydrogens is 442 g/mol. The summed E-state index contributed by atoms with van der Waals surface area (Å²) in [5.41, 5.74) is 2.10. The first-order valence-electron chi connectivity index (χ1n) is 9.35. The van der Waals surface area contributed by atoms with Crippen LogP contribution < -0.4 is 4.90 Å². The summed E-state index contributed by atoms with van der Waals surface area (Å²) in [5.74, 6) is 0.150. The lowest BCUT2D eigenvalue weighted by Crippen LogP contribution is -2.39. The molecule has 0 radical (unpaired) electrons. The van der Waals surface area contributed by atoms with Gasteiger partial charge < -0.3 is 9.15 Å². The summed E-state index contributed by atoms with van der Waals surface area (Å²) in [6.07, 6.45) is 0.864. The van der Waals surface area contributed by atoms with E-state index in [1.807, 2.05) is 12.1 Å². The molecule has 1 aliphatic heterocycles. The third-order valence-electron chi connectivity index (χ3n) is 4.75. The Kier molecular flexibility index (Phi) is 6.10. The summed E-state index contributed by atoms with van der Waals surface area (Å²) < 4.78 is 12.5. The van der Waals surface area contributed by atoms with Crippen molar-refractivity contribution in [2.75, 3.05) is 44.3 Å². The SMILES string of the molecule is Cc1ccc2nc(N(CCCN3CCOCC3)C(=O)c3ccc(Br)o3)sc2c1. The third-order valence-corrected chi connectivity index (χ3v) is 6.22. The van der Waals surface area contributed by atoms with E-state index in [0.717, 1.165) is 49.5 Å². The van der Waals surface area contributed by atoms with Gasteiger partial charge in [-0.15, -0.1) is 0 Å². The van der Waals surface area contributed by atoms with Crippen LogP contribution in [-0.4, -0.2) is 55.2 Å². The normalized spacial score (nSPS) is 15.2. The molecule has 0 aliphatic carbocycles. The molecule has 0 atom stereocenters. The highest BCUT2D eigenvalue weighted by atomic mass is 79.9. The van der Waals surface area contributed by atoms with E-state index in [1.165, 1.54) is 5.56 Å². The lowest BCUT2D eigenvalue weighted by Gasteiger charge is -2.27. The number of amides is 1. The van der Waals surface area contributed by atoms with Gasteiger partial charge in [-0.1, -0.05) is 17.4 Å². The summed E-state index contributed by atoms with van der Waals surface area (Å²) in [4.78, 5) is 22.0. The quantitative estimate of drug-likeness (QED) is 0.544. The first-order valence-corrected chi connectivity index (χ1v) is 11.0. The Morgan fingerprint density at radius 2 is 2.11 bits per heavy atom. The molecule has 4 rings (SSSR count). The molecule has 0 saturated carbocycles. The van der Waals surface area contributed by atoms with E-state index in [-0.39, 0.29) is 5.91 Å². The molecule has 1 aliphatic rings. The number of benzene rings is 1. The monoisotopic (exact) mass is 463 g/mol. The second kappa shape index (κ2) is 8.73. The second-order valence-electron chi connectivity index (χ2n) is 6.84. The molecule has 28 heavy (non-hydrogen) atoms. The molecule has 2 aromatic heterocycles. The Balaban J connectivity index is 1.55. The van der Waals surface area contributed by atoms with Gasteiger partial charge in [0.25, 0.3) is 5.91 Å². The minimum absolute atomic E-state index is 0.163. The van der Waals surface area contributed by atoms with Crippen LogP contribution in [0.15, 0.2) is 39.4 Å². The minimum Gasteiger partial charge on any atom is -0.444 e. The van der Waals surface area contributed by atoms with Gasteiger partial charge in [-0.2, -0.15) is 0 Å². The third kappa shape index (κ3) is 4.46. The number of morpholine rings is 1. The van der Waals surface area contributed by atoms with Crippen molar-refractivity contribution in [1.29, 1.82) is 0 Å². The maximum absolute atomic E-state index is 13.1. The zero-order valence-electron chi connectivity index (χ0n) is 15.7. The molecule has 0 bridgehead atoms. The molecule has 0 N–H and O–H groups in total. The number of halogens is 1. The fourth-order valence-corrected chi connectivity index (χ4v) is 4.65. The fourth-order valence-electron chi connectivity index (χ4n) is 3.26. The number of hydrogen-bond donors (Lipinski definition) is 0. The maximum Gasteiger partial charge on any atom is 0.295 e. The largest absolute Gasteiger partial charge is 0.444 e. The summed E-state index contributed by atoms with van der Waals surface area (Å²) >= 11 is 4.82. The number of hydrogen-bond acceptors (Lipinski definition) is 6. The van der Waals surface area contributed by atoms with Crippen LogP contribution in [-0.2, 0) is 4.74 Å². The molecule has 148 valence electrons. The Bertz CT molecular complexity index is 965. The van der Waals surface area contributed by atoms with Crippen LogP contribution in [0.2, 0.25) is 0 Å². The van der Waals surface area contributed by atoms with Gasteiger partial charge in [-0.3, -0.25) is 14.6 Å². The number of rotatable bonds is 6. The van der Waals surface area contributed by atoms with Crippen LogP contribution in [0, 0.1) is 6.92 Å². The smallest absolute Gasteiger partial charge is 0.295 e. The number of ether oxygens (including phenoxy) is 1. The summed E-state index contributed by atoms with van der Waals surface area (Å²) in [7, 11) is 0. The Morgan fingerprint density at radius 1 is 1.29 bits per heavy atom. The van der Waals surface area contributed by atoms with Crippen LogP contribution in [0.4, 0.5) is 5.13 Å². The van der Waals surface area contributed by atoms with Crippen molar-refractivity contribution in [3.05, 3.63) is 46.3 Å². The maximum atomic E-state index is 13.1. The van der Waals surface area contributed by atoms with E-state index in [1.54, 1.807) is 28.4 Å². The van der Waals surface area contributed by atoms with Crippen LogP contribution in [0.3, 0.4) is 0 Å². The van der Waals surface area contributed by atoms with Crippen LogP contribution in [0.5, 0.6) is 0 Å². The molecular formula is C20H22BrN3O3S. The van der Waals surface area contributed by atoms with E-state index in [2.05, 4.69) is 33.8 Å². The first-order chi connectivity index (χ1) is 13.6. The van der Waals surface area contributed by atoms with Gasteiger partial charge in [0.1, 0.15) is 0 Å². The van der Waals surface area contributed by atoms with E-state index in [0.29, 0.717) is 22.1 Å². The van der Waals surface area contributed by atoms with Gasteiger partial charge in [0, 0.05) is 26.2 Å². The van der Waals surface area contributed by atoms with Crippen molar-refractivity contribution in [3.63, 3.8) is 0 Å². The molecule has 1 aromatic carbocycles. The molecule has 0 unspecified atom stereocenters. The van der Waals surface area contributed by atoms with E-state index < -0.39 is 0 Å². The molecule has 1 fully saturated rings. The Labute approximate surface area is 176 Å². The van der Waals surface area contributed by atoms with Crippen LogP contribution in [0.1, 0.15) is 22.5 Å². The molecule has 0 spiro atoms. The summed E-state index contributed by atoms with van der Waals surface area (Å²) in [5, 5.41) is 0.708. The van der Waals surface area contributed by atoms with Gasteiger partial charge in [-0.25, -0.2) is 4.98 Å². The highest BCUT2D eigenvalue weighted by molar-refractivity contribution is 9.10. The van der Waals surface area contributed by atoms with E-state index >= 15 is 0 Å². The minimum atomic E-state index is -0.163. The first kappa shape index (κ1) is 19.6. The molecule has 6 nitrogen and oxygen atoms in total. The van der Waals surface area contributed by atoms with Crippen molar-refractivity contribution < 1.29 is 13.9 Å². The number of aryl methyl sites for hydroxylation is 1. The van der Waals surface area contributed by atoms with Gasteiger partial charge in [-0.05, 0) is 59.1 Å². The standard InChI is InChI=1S/C20H22BrN3O3S/c1-14-3-4-15-17(13-14)28-20(22-15)24(19(25)16-5-6-18(21)27-16)8-2-7-23-9-11-26-12-10-23/h3-6,13H,2,7-12H2,1H3. The van der Waals surface area contributed by atoms with Crippen molar-refractivity contribution >= 4 is 48.5 Å². The predicted octanol–water partition coefficient (Wildman–Crippen LogP) is 4.33. The van der Waals surface area contributed by atoms with Gasteiger partial charge >= 0.3 is 0 Å². The number of carbonyl (C=O) groups is 1. The predicted molar refractivity (Wildman–Crippen MR) is 114 cm³/mol. The Morgan fingerprint density at radius 3 is 2.86 bits per heavy atom. The molecule has 8 heteroatoms. The summed E-state index contributed by atoms with van der Waals surface area (Å²) in [6, 6.07) is 9.58. The molecule has 3 aromatic rings. The number of aromatic nitrogens is 1. The fraction of sp³-hybridized carbons (Fsp3) is 0.400. The number of anilines is 1. The summed E-state index contributed by atoms with van der Waals surface area (Å²) in [6.45, 7) is 7.02. The average molecular weight is 464 g/mol. The number of carbonyl (C=O) groups excluding carboxylic acids is 1. The zero-order valence-corrected chi connectivity index (χ0v) is 18.1. The van der Waals surface area contributed by atoms with E-state index in [9.17, 15) is 4.79 Å². The average Bonchev–Trinajstić information content (AvgIpc) is 3.31. The second-order valence-corrected chi connectivity index (χ2v) is 8.63. The topological polar surface area (TPSA) is 58.8 Å². The van der Waals surface area contributed by atoms with Crippen LogP contribution in [0.25, 0.3) is 10.2 Å². The van der Waals surface area contributed by atoms with Crippen molar-refractivity contribution in [2.24, 2.45) is 0 Å². The Hall–Kier alpha value is -1.74. The van der Waals surface area contributed by atoms with Gasteiger partial charge in [0.2, 0.25) is 0 Å². The number of furan rings is 1. The van der Waals surface area contributed by atoms with Crippen LogP contribution >= 0.6 is 27.3 Å². The van der Waals surface area contributed by atoms with Gasteiger partial charge in [0.15, 0.2) is 15.6 Å². The zero-order chi connectivity index (χ0) is 19.5.